The molecule has 104 valence electrons. The lowest BCUT2D eigenvalue weighted by molar-refractivity contribution is 0.0328. The molecule has 2 aliphatic rings. The number of hydrogen-bond acceptors (Lipinski definition) is 3. The van der Waals surface area contributed by atoms with Crippen LogP contribution in [0.5, 0.6) is 0 Å². The maximum Gasteiger partial charge on any atom is 0.0610 e. The average molecular weight is 277 g/mol. The quantitative estimate of drug-likeness (QED) is 0.866. The Bertz CT molecular complexity index is 411. The van der Waals surface area contributed by atoms with Crippen LogP contribution in [-0.2, 0) is 4.74 Å². The number of nitrogens with one attached hydrogen (secondary N) is 1. The first-order chi connectivity index (χ1) is 9.35. The van der Waals surface area contributed by atoms with Gasteiger partial charge in [0.25, 0.3) is 0 Å². The van der Waals surface area contributed by atoms with Crippen molar-refractivity contribution in [3.05, 3.63) is 24.3 Å². The second-order valence-electron chi connectivity index (χ2n) is 5.69. The van der Waals surface area contributed by atoms with Gasteiger partial charge in [-0.1, -0.05) is 25.0 Å². The first-order valence-electron chi connectivity index (χ1n) is 7.40. The van der Waals surface area contributed by atoms with Gasteiger partial charge in [-0.2, -0.15) is 0 Å². The van der Waals surface area contributed by atoms with E-state index in [9.17, 15) is 0 Å². The maximum absolute atomic E-state index is 5.35. The topological polar surface area (TPSA) is 21.3 Å². The molecule has 3 heteroatoms. The number of hydrogen-bond donors (Lipinski definition) is 1. The molecule has 0 atom stereocenters. The predicted octanol–water partition coefficient (Wildman–Crippen LogP) is 4.31. The van der Waals surface area contributed by atoms with Gasteiger partial charge in [0.05, 0.1) is 6.10 Å². The fourth-order valence-corrected chi connectivity index (χ4v) is 4.31. The minimum atomic E-state index is 0.465. The predicted molar refractivity (Wildman–Crippen MR) is 82.0 cm³/mol. The Balaban J connectivity index is 1.60. The van der Waals surface area contributed by atoms with Crippen LogP contribution in [-0.4, -0.2) is 24.5 Å². The minimum Gasteiger partial charge on any atom is -0.381 e. The van der Waals surface area contributed by atoms with Crippen LogP contribution in [0.3, 0.4) is 0 Å². The highest BCUT2D eigenvalue weighted by Crippen LogP contribution is 2.39. The van der Waals surface area contributed by atoms with Gasteiger partial charge < -0.3 is 10.1 Å². The molecule has 2 nitrogen and oxygen atoms in total. The third-order valence-electron chi connectivity index (χ3n) is 4.27. The van der Waals surface area contributed by atoms with Crippen molar-refractivity contribution in [3.8, 4) is 0 Å². The lowest BCUT2D eigenvalue weighted by Gasteiger charge is -2.35. The van der Waals surface area contributed by atoms with E-state index in [1.807, 2.05) is 7.11 Å². The Labute approximate surface area is 120 Å². The van der Waals surface area contributed by atoms with Gasteiger partial charge in [-0.15, -0.1) is 11.8 Å². The van der Waals surface area contributed by atoms with E-state index in [1.54, 1.807) is 0 Å². The van der Waals surface area contributed by atoms with Crippen molar-refractivity contribution in [2.45, 2.75) is 60.8 Å². The number of ether oxygens (including phenoxy) is 1. The molecule has 2 saturated carbocycles. The summed E-state index contributed by atoms with van der Waals surface area (Å²) in [5.41, 5.74) is 1.32. The van der Waals surface area contributed by atoms with Gasteiger partial charge in [0.1, 0.15) is 0 Å². The fourth-order valence-electron chi connectivity index (χ4n) is 2.97. The van der Waals surface area contributed by atoms with E-state index >= 15 is 0 Å². The van der Waals surface area contributed by atoms with E-state index in [0.717, 1.165) is 18.1 Å². The monoisotopic (exact) mass is 277 g/mol. The molecule has 1 aromatic carbocycles. The highest BCUT2D eigenvalue weighted by atomic mass is 32.2. The highest BCUT2D eigenvalue weighted by molar-refractivity contribution is 8.00. The zero-order chi connectivity index (χ0) is 13.1. The zero-order valence-corrected chi connectivity index (χ0v) is 12.4. The van der Waals surface area contributed by atoms with Crippen LogP contribution in [0.25, 0.3) is 0 Å². The van der Waals surface area contributed by atoms with Crippen molar-refractivity contribution in [2.24, 2.45) is 0 Å². The van der Waals surface area contributed by atoms with Crippen LogP contribution in [0.15, 0.2) is 29.2 Å². The van der Waals surface area contributed by atoms with Crippen LogP contribution in [0.4, 0.5) is 5.69 Å². The van der Waals surface area contributed by atoms with Crippen LogP contribution in [0.1, 0.15) is 38.5 Å². The largest absolute Gasteiger partial charge is 0.381 e. The molecule has 0 amide bonds. The highest BCUT2D eigenvalue weighted by Gasteiger charge is 2.29. The summed E-state index contributed by atoms with van der Waals surface area (Å²) in [6, 6.07) is 9.36. The Morgan fingerprint density at radius 3 is 2.63 bits per heavy atom. The SMILES string of the molecule is COC1CC(Nc2ccccc2SC2CCCC2)C1. The number of thioether (sulfide) groups is 1. The van der Waals surface area contributed by atoms with Crippen LogP contribution < -0.4 is 5.32 Å². The Morgan fingerprint density at radius 1 is 1.16 bits per heavy atom. The van der Waals surface area contributed by atoms with Crippen molar-refractivity contribution < 1.29 is 4.74 Å². The number of benzene rings is 1. The molecular weight excluding hydrogens is 254 g/mol. The summed E-state index contributed by atoms with van der Waals surface area (Å²) in [5, 5.41) is 4.51. The standard InChI is InChI=1S/C16H23NOS/c1-18-13-10-12(11-13)17-15-8-4-5-9-16(15)19-14-6-2-3-7-14/h4-5,8-9,12-14,17H,2-3,6-7,10-11H2,1H3. The molecule has 0 spiro atoms. The summed E-state index contributed by atoms with van der Waals surface area (Å²) in [4.78, 5) is 1.43. The molecule has 19 heavy (non-hydrogen) atoms. The molecule has 0 heterocycles. The molecule has 2 aliphatic carbocycles. The van der Waals surface area contributed by atoms with Gasteiger partial charge in [-0.3, -0.25) is 0 Å². The van der Waals surface area contributed by atoms with Gasteiger partial charge in [-0.05, 0) is 37.8 Å². The summed E-state index contributed by atoms with van der Waals surface area (Å²) in [7, 11) is 1.81. The van der Waals surface area contributed by atoms with Gasteiger partial charge in [0, 0.05) is 29.0 Å². The molecule has 0 radical (unpaired) electrons. The van der Waals surface area contributed by atoms with Gasteiger partial charge in [-0.25, -0.2) is 0 Å². The van der Waals surface area contributed by atoms with Crippen molar-refractivity contribution in [3.63, 3.8) is 0 Å². The normalized spacial score (nSPS) is 27.2. The second kappa shape index (κ2) is 6.19. The van der Waals surface area contributed by atoms with E-state index in [4.69, 9.17) is 4.74 Å². The smallest absolute Gasteiger partial charge is 0.0610 e. The summed E-state index contributed by atoms with van der Waals surface area (Å²) >= 11 is 2.07. The first-order valence-corrected chi connectivity index (χ1v) is 8.28. The molecule has 0 aromatic heterocycles. The molecule has 0 bridgehead atoms. The zero-order valence-electron chi connectivity index (χ0n) is 11.6. The average Bonchev–Trinajstić information content (AvgIpc) is 2.88. The third-order valence-corrected chi connectivity index (χ3v) is 5.69. The van der Waals surface area contributed by atoms with Gasteiger partial charge >= 0.3 is 0 Å². The Hall–Kier alpha value is -0.670. The van der Waals surface area contributed by atoms with E-state index < -0.39 is 0 Å². The molecule has 3 rings (SSSR count). The summed E-state index contributed by atoms with van der Waals surface area (Å²) in [6.07, 6.45) is 8.32. The van der Waals surface area contributed by atoms with Crippen molar-refractivity contribution in [1.82, 2.24) is 0 Å². The first kappa shape index (κ1) is 13.3. The summed E-state index contributed by atoms with van der Waals surface area (Å²) in [6.45, 7) is 0. The van der Waals surface area contributed by atoms with E-state index in [1.165, 1.54) is 36.3 Å². The number of anilines is 1. The van der Waals surface area contributed by atoms with Crippen LogP contribution in [0.2, 0.25) is 0 Å². The van der Waals surface area contributed by atoms with Crippen molar-refractivity contribution in [1.29, 1.82) is 0 Å². The summed E-state index contributed by atoms with van der Waals surface area (Å²) in [5.74, 6) is 0. The number of para-hydroxylation sites is 1. The van der Waals surface area contributed by atoms with E-state index in [-0.39, 0.29) is 0 Å². The molecule has 1 aromatic rings. The second-order valence-corrected chi connectivity index (χ2v) is 7.03. The molecule has 2 fully saturated rings. The molecule has 1 N–H and O–H groups in total. The molecule has 0 saturated heterocycles. The van der Waals surface area contributed by atoms with Gasteiger partial charge in [0.2, 0.25) is 0 Å². The Kier molecular flexibility index (Phi) is 4.34. The third kappa shape index (κ3) is 3.26. The lowest BCUT2D eigenvalue weighted by Crippen LogP contribution is -2.40. The van der Waals surface area contributed by atoms with Crippen LogP contribution >= 0.6 is 11.8 Å². The molecule has 0 unspecified atom stereocenters. The number of methoxy groups -OCH3 is 1. The summed E-state index contributed by atoms with van der Waals surface area (Å²) < 4.78 is 5.35. The molecule has 0 aliphatic heterocycles. The minimum absolute atomic E-state index is 0.465. The lowest BCUT2D eigenvalue weighted by atomic mass is 9.89. The van der Waals surface area contributed by atoms with Crippen molar-refractivity contribution >= 4 is 17.4 Å². The van der Waals surface area contributed by atoms with E-state index in [2.05, 4.69) is 41.3 Å². The van der Waals surface area contributed by atoms with Crippen LogP contribution in [0, 0.1) is 0 Å². The number of rotatable bonds is 5. The maximum atomic E-state index is 5.35. The molecular formula is C16H23NOS. The van der Waals surface area contributed by atoms with Crippen molar-refractivity contribution in [2.75, 3.05) is 12.4 Å². The Morgan fingerprint density at radius 2 is 1.89 bits per heavy atom. The fraction of sp³-hybridized carbons (Fsp3) is 0.625. The van der Waals surface area contributed by atoms with E-state index in [0.29, 0.717) is 12.1 Å². The van der Waals surface area contributed by atoms with Gasteiger partial charge in [0.15, 0.2) is 0 Å².